The van der Waals surface area contributed by atoms with Crippen molar-refractivity contribution in [1.29, 1.82) is 0 Å². The summed E-state index contributed by atoms with van der Waals surface area (Å²) < 4.78 is 0. The minimum Gasteiger partial charge on any atom is -0.384 e. The van der Waals surface area contributed by atoms with Crippen LogP contribution in [0.15, 0.2) is 6.07 Å². The van der Waals surface area contributed by atoms with Gasteiger partial charge >= 0.3 is 0 Å². The molecule has 17 heavy (non-hydrogen) atoms. The lowest BCUT2D eigenvalue weighted by atomic mass is 10.3. The third kappa shape index (κ3) is 3.56. The molecule has 2 rings (SSSR count). The van der Waals surface area contributed by atoms with Crippen LogP contribution in [-0.4, -0.2) is 40.5 Å². The number of likely N-dealkylation sites (tertiary alicyclic amines) is 1. The Hall–Kier alpha value is -1.36. The molecule has 1 saturated heterocycles. The summed E-state index contributed by atoms with van der Waals surface area (Å²) in [6.45, 7) is 7.52. The van der Waals surface area contributed by atoms with E-state index in [1.165, 1.54) is 25.9 Å². The molecule has 0 radical (unpaired) electrons. The van der Waals surface area contributed by atoms with Gasteiger partial charge in [0.15, 0.2) is 0 Å². The van der Waals surface area contributed by atoms with Gasteiger partial charge in [0.1, 0.15) is 17.5 Å². The number of nitrogen functional groups attached to an aromatic ring is 1. The number of anilines is 2. The van der Waals surface area contributed by atoms with Crippen LogP contribution in [0.3, 0.4) is 0 Å². The van der Waals surface area contributed by atoms with Crippen molar-refractivity contribution in [2.75, 3.05) is 30.7 Å². The fraction of sp³-hybridized carbons (Fsp3) is 0.667. The molecule has 2 heterocycles. The molecule has 1 aliphatic heterocycles. The second kappa shape index (κ2) is 5.31. The van der Waals surface area contributed by atoms with Gasteiger partial charge in [-0.1, -0.05) is 0 Å². The van der Waals surface area contributed by atoms with Crippen molar-refractivity contribution in [3.63, 3.8) is 0 Å². The van der Waals surface area contributed by atoms with E-state index in [1.807, 2.05) is 6.92 Å². The quantitative estimate of drug-likeness (QED) is 0.822. The van der Waals surface area contributed by atoms with E-state index in [9.17, 15) is 0 Å². The van der Waals surface area contributed by atoms with Crippen molar-refractivity contribution >= 4 is 11.6 Å². The van der Waals surface area contributed by atoms with Crippen LogP contribution in [0.25, 0.3) is 0 Å². The third-order valence-electron chi connectivity index (χ3n) is 2.98. The number of aromatic nitrogens is 2. The SMILES string of the molecule is Cc1nc(N)cc(NC(C)CN2CCCC2)n1. The van der Waals surface area contributed by atoms with E-state index in [2.05, 4.69) is 27.1 Å². The number of nitrogens with two attached hydrogens (primary N) is 1. The average Bonchev–Trinajstić information content (AvgIpc) is 2.67. The maximum atomic E-state index is 5.70. The highest BCUT2D eigenvalue weighted by Crippen LogP contribution is 2.12. The van der Waals surface area contributed by atoms with E-state index in [0.717, 1.165) is 12.4 Å². The van der Waals surface area contributed by atoms with Gasteiger partial charge in [-0.2, -0.15) is 0 Å². The van der Waals surface area contributed by atoms with Gasteiger partial charge in [-0.15, -0.1) is 0 Å². The predicted molar refractivity (Wildman–Crippen MR) is 69.9 cm³/mol. The van der Waals surface area contributed by atoms with Gasteiger partial charge in [-0.05, 0) is 39.8 Å². The number of hydrogen-bond acceptors (Lipinski definition) is 5. The number of nitrogens with one attached hydrogen (secondary N) is 1. The number of rotatable bonds is 4. The molecule has 1 aliphatic rings. The Balaban J connectivity index is 1.90. The van der Waals surface area contributed by atoms with Gasteiger partial charge in [0, 0.05) is 18.7 Å². The van der Waals surface area contributed by atoms with Gasteiger partial charge in [0.05, 0.1) is 0 Å². The molecular formula is C12H21N5. The van der Waals surface area contributed by atoms with Crippen LogP contribution >= 0.6 is 0 Å². The molecule has 1 fully saturated rings. The molecule has 1 aromatic heterocycles. The zero-order chi connectivity index (χ0) is 12.3. The Bertz CT molecular complexity index is 353. The summed E-state index contributed by atoms with van der Waals surface area (Å²) in [5.41, 5.74) is 5.70. The molecule has 1 unspecified atom stereocenters. The monoisotopic (exact) mass is 235 g/mol. The second-order valence-electron chi connectivity index (χ2n) is 4.78. The van der Waals surface area contributed by atoms with Crippen LogP contribution in [0, 0.1) is 6.92 Å². The van der Waals surface area contributed by atoms with Crippen LogP contribution in [0.4, 0.5) is 11.6 Å². The molecule has 1 atom stereocenters. The van der Waals surface area contributed by atoms with Gasteiger partial charge in [-0.25, -0.2) is 9.97 Å². The molecule has 1 aromatic rings. The predicted octanol–water partition coefficient (Wildman–Crippen LogP) is 1.26. The Labute approximate surface area is 102 Å². The van der Waals surface area contributed by atoms with E-state index < -0.39 is 0 Å². The largest absolute Gasteiger partial charge is 0.384 e. The lowest BCUT2D eigenvalue weighted by molar-refractivity contribution is 0.327. The summed E-state index contributed by atoms with van der Waals surface area (Å²) in [5, 5.41) is 3.38. The van der Waals surface area contributed by atoms with Gasteiger partial charge in [0.25, 0.3) is 0 Å². The van der Waals surface area contributed by atoms with Crippen molar-refractivity contribution in [3.05, 3.63) is 11.9 Å². The van der Waals surface area contributed by atoms with Crippen LogP contribution in [-0.2, 0) is 0 Å². The fourth-order valence-electron chi connectivity index (χ4n) is 2.32. The molecule has 0 spiro atoms. The zero-order valence-corrected chi connectivity index (χ0v) is 10.6. The van der Waals surface area contributed by atoms with Crippen LogP contribution < -0.4 is 11.1 Å². The van der Waals surface area contributed by atoms with Gasteiger partial charge in [0.2, 0.25) is 0 Å². The molecule has 5 nitrogen and oxygen atoms in total. The standard InChI is InChI=1S/C12H21N5/c1-9(8-17-5-3-4-6-17)14-12-7-11(13)15-10(2)16-12/h7,9H,3-6,8H2,1-2H3,(H3,13,14,15,16). The molecule has 0 amide bonds. The zero-order valence-electron chi connectivity index (χ0n) is 10.6. The number of aryl methyl sites for hydroxylation is 1. The molecule has 0 saturated carbocycles. The molecule has 3 N–H and O–H groups in total. The van der Waals surface area contributed by atoms with Crippen LogP contribution in [0.5, 0.6) is 0 Å². The molecule has 0 aliphatic carbocycles. The maximum absolute atomic E-state index is 5.70. The summed E-state index contributed by atoms with van der Waals surface area (Å²) in [4.78, 5) is 10.9. The topological polar surface area (TPSA) is 67.1 Å². The summed E-state index contributed by atoms with van der Waals surface area (Å²) in [5.74, 6) is 2.05. The average molecular weight is 235 g/mol. The molecule has 0 aromatic carbocycles. The molecule has 5 heteroatoms. The Morgan fingerprint density at radius 3 is 2.76 bits per heavy atom. The smallest absolute Gasteiger partial charge is 0.132 e. The number of hydrogen-bond donors (Lipinski definition) is 2. The lowest BCUT2D eigenvalue weighted by Crippen LogP contribution is -2.33. The normalized spacial score (nSPS) is 18.2. The van der Waals surface area contributed by atoms with Crippen molar-refractivity contribution in [1.82, 2.24) is 14.9 Å². The summed E-state index contributed by atoms with van der Waals surface area (Å²) >= 11 is 0. The molecule has 0 bridgehead atoms. The van der Waals surface area contributed by atoms with Crippen molar-refractivity contribution in [2.24, 2.45) is 0 Å². The highest BCUT2D eigenvalue weighted by atomic mass is 15.2. The Morgan fingerprint density at radius 1 is 1.41 bits per heavy atom. The molecular weight excluding hydrogens is 214 g/mol. The van der Waals surface area contributed by atoms with Crippen molar-refractivity contribution in [3.8, 4) is 0 Å². The minimum absolute atomic E-state index is 0.377. The summed E-state index contributed by atoms with van der Waals surface area (Å²) in [7, 11) is 0. The highest BCUT2D eigenvalue weighted by Gasteiger charge is 2.14. The first-order valence-corrected chi connectivity index (χ1v) is 6.23. The molecule has 94 valence electrons. The van der Waals surface area contributed by atoms with E-state index >= 15 is 0 Å². The van der Waals surface area contributed by atoms with E-state index in [4.69, 9.17) is 5.73 Å². The lowest BCUT2D eigenvalue weighted by Gasteiger charge is -2.21. The van der Waals surface area contributed by atoms with Gasteiger partial charge in [-0.3, -0.25) is 0 Å². The fourth-order valence-corrected chi connectivity index (χ4v) is 2.32. The Kier molecular flexibility index (Phi) is 3.78. The van der Waals surface area contributed by atoms with Gasteiger partial charge < -0.3 is 16.0 Å². The summed E-state index contributed by atoms with van der Waals surface area (Å²) in [6.07, 6.45) is 2.65. The summed E-state index contributed by atoms with van der Waals surface area (Å²) in [6, 6.07) is 2.16. The highest BCUT2D eigenvalue weighted by molar-refractivity contribution is 5.45. The first kappa shape index (κ1) is 12.1. The second-order valence-corrected chi connectivity index (χ2v) is 4.78. The first-order chi connectivity index (χ1) is 8.13. The van der Waals surface area contributed by atoms with E-state index in [-0.39, 0.29) is 0 Å². The minimum atomic E-state index is 0.377. The van der Waals surface area contributed by atoms with Crippen molar-refractivity contribution in [2.45, 2.75) is 32.7 Å². The van der Waals surface area contributed by atoms with Crippen LogP contribution in [0.2, 0.25) is 0 Å². The Morgan fingerprint density at radius 2 is 2.12 bits per heavy atom. The van der Waals surface area contributed by atoms with Crippen molar-refractivity contribution < 1.29 is 0 Å². The van der Waals surface area contributed by atoms with Crippen LogP contribution in [0.1, 0.15) is 25.6 Å². The maximum Gasteiger partial charge on any atom is 0.132 e. The number of nitrogens with zero attached hydrogens (tertiary/aromatic N) is 3. The van der Waals surface area contributed by atoms with E-state index in [0.29, 0.717) is 17.7 Å². The first-order valence-electron chi connectivity index (χ1n) is 6.23. The van der Waals surface area contributed by atoms with E-state index in [1.54, 1.807) is 6.07 Å². The third-order valence-corrected chi connectivity index (χ3v) is 2.98.